The van der Waals surface area contributed by atoms with Crippen molar-refractivity contribution < 1.29 is 19.1 Å². The van der Waals surface area contributed by atoms with E-state index in [4.69, 9.17) is 4.74 Å². The minimum Gasteiger partial charge on any atom is -0.491 e. The average Bonchev–Trinajstić information content (AvgIpc) is 3.22. The molecule has 0 spiro atoms. The molecule has 2 aromatic rings. The van der Waals surface area contributed by atoms with E-state index in [2.05, 4.69) is 0 Å². The minimum atomic E-state index is -0.248. The molecule has 0 aliphatic carbocycles. The third kappa shape index (κ3) is 5.41. The highest BCUT2D eigenvalue weighted by atomic mass is 16.5. The molecule has 2 aromatic carbocycles. The first-order valence-corrected chi connectivity index (χ1v) is 12.0. The summed E-state index contributed by atoms with van der Waals surface area (Å²) in [5.41, 5.74) is 2.52. The summed E-state index contributed by atoms with van der Waals surface area (Å²) in [5, 5.41) is 0. The smallest absolute Gasteiger partial charge is 0.254 e. The van der Waals surface area contributed by atoms with Gasteiger partial charge in [0.1, 0.15) is 5.75 Å². The summed E-state index contributed by atoms with van der Waals surface area (Å²) in [6.07, 6.45) is 1.57. The largest absolute Gasteiger partial charge is 0.491 e. The predicted octanol–water partition coefficient (Wildman–Crippen LogP) is 3.64. The van der Waals surface area contributed by atoms with Gasteiger partial charge in [-0.2, -0.15) is 0 Å². The molecule has 4 rings (SSSR count). The van der Waals surface area contributed by atoms with Gasteiger partial charge < -0.3 is 19.4 Å². The van der Waals surface area contributed by atoms with E-state index >= 15 is 0 Å². The van der Waals surface area contributed by atoms with E-state index in [1.54, 1.807) is 11.8 Å². The third-order valence-electron chi connectivity index (χ3n) is 6.44. The maximum absolute atomic E-state index is 13.6. The first kappa shape index (κ1) is 23.8. The molecule has 2 fully saturated rings. The number of hydrogen-bond acceptors (Lipinski definition) is 4. The van der Waals surface area contributed by atoms with Gasteiger partial charge in [-0.05, 0) is 55.7 Å². The van der Waals surface area contributed by atoms with Crippen molar-refractivity contribution in [1.29, 1.82) is 0 Å². The molecule has 0 bridgehead atoms. The van der Waals surface area contributed by atoms with Gasteiger partial charge in [0.05, 0.1) is 12.1 Å². The van der Waals surface area contributed by atoms with Gasteiger partial charge in [-0.1, -0.05) is 24.3 Å². The molecule has 3 amide bonds. The van der Waals surface area contributed by atoms with E-state index in [1.807, 2.05) is 72.2 Å². The molecule has 0 unspecified atom stereocenters. The summed E-state index contributed by atoms with van der Waals surface area (Å²) in [5.74, 6) is 0.890. The summed E-state index contributed by atoms with van der Waals surface area (Å²) < 4.78 is 5.76. The van der Waals surface area contributed by atoms with Crippen LogP contribution in [0.4, 0.5) is 0 Å². The van der Waals surface area contributed by atoms with Gasteiger partial charge in [-0.3, -0.25) is 14.4 Å². The lowest BCUT2D eigenvalue weighted by Crippen LogP contribution is -2.51. The highest BCUT2D eigenvalue weighted by Crippen LogP contribution is 2.29. The van der Waals surface area contributed by atoms with Crippen LogP contribution in [-0.2, 0) is 16.1 Å². The van der Waals surface area contributed by atoms with Crippen molar-refractivity contribution in [1.82, 2.24) is 14.7 Å². The monoisotopic (exact) mass is 463 g/mol. The third-order valence-corrected chi connectivity index (χ3v) is 6.44. The number of benzene rings is 2. The fraction of sp³-hybridized carbons (Fsp3) is 0.444. The van der Waals surface area contributed by atoms with Gasteiger partial charge in [0, 0.05) is 51.6 Å². The van der Waals surface area contributed by atoms with Crippen LogP contribution < -0.4 is 4.74 Å². The summed E-state index contributed by atoms with van der Waals surface area (Å²) in [7, 11) is 0. The molecule has 2 aliphatic rings. The number of carbonyl (C=O) groups is 3. The fourth-order valence-corrected chi connectivity index (χ4v) is 4.70. The van der Waals surface area contributed by atoms with Gasteiger partial charge in [-0.25, -0.2) is 0 Å². The van der Waals surface area contributed by atoms with Crippen LogP contribution in [0.15, 0.2) is 48.5 Å². The van der Waals surface area contributed by atoms with Crippen molar-refractivity contribution in [3.63, 3.8) is 0 Å². The van der Waals surface area contributed by atoms with Crippen molar-refractivity contribution in [3.8, 4) is 5.75 Å². The van der Waals surface area contributed by atoms with Crippen molar-refractivity contribution in [2.24, 2.45) is 0 Å². The van der Waals surface area contributed by atoms with Crippen molar-refractivity contribution in [3.05, 3.63) is 65.2 Å². The van der Waals surface area contributed by atoms with Crippen molar-refractivity contribution in [2.75, 3.05) is 26.2 Å². The van der Waals surface area contributed by atoms with Crippen LogP contribution >= 0.6 is 0 Å². The number of likely N-dealkylation sites (tertiary alicyclic amines) is 1. The number of nitrogens with zero attached hydrogens (tertiary/aromatic N) is 3. The van der Waals surface area contributed by atoms with Crippen LogP contribution in [0.5, 0.6) is 5.75 Å². The zero-order valence-corrected chi connectivity index (χ0v) is 20.2. The van der Waals surface area contributed by atoms with Crippen LogP contribution in [0.1, 0.15) is 61.1 Å². The Morgan fingerprint density at radius 1 is 1.06 bits per heavy atom. The Morgan fingerprint density at radius 2 is 1.82 bits per heavy atom. The molecule has 0 aromatic heterocycles. The van der Waals surface area contributed by atoms with Crippen LogP contribution in [0.25, 0.3) is 0 Å². The van der Waals surface area contributed by atoms with Crippen LogP contribution in [0.2, 0.25) is 0 Å². The first-order valence-electron chi connectivity index (χ1n) is 12.0. The molecular weight excluding hydrogens is 430 g/mol. The van der Waals surface area contributed by atoms with E-state index in [0.717, 1.165) is 29.8 Å². The number of carbonyl (C=O) groups excluding carboxylic acids is 3. The molecular formula is C27H33N3O4. The Hall–Kier alpha value is -3.35. The van der Waals surface area contributed by atoms with E-state index in [1.165, 1.54) is 0 Å². The molecule has 1 atom stereocenters. The molecule has 7 nitrogen and oxygen atoms in total. The highest BCUT2D eigenvalue weighted by Gasteiger charge is 2.33. The molecule has 0 N–H and O–H groups in total. The summed E-state index contributed by atoms with van der Waals surface area (Å²) in [6.45, 7) is 8.24. The zero-order chi connectivity index (χ0) is 24.2. The summed E-state index contributed by atoms with van der Waals surface area (Å²) in [6, 6.07) is 15.1. The zero-order valence-electron chi connectivity index (χ0n) is 20.2. The second kappa shape index (κ2) is 10.3. The van der Waals surface area contributed by atoms with E-state index in [0.29, 0.717) is 38.2 Å². The van der Waals surface area contributed by atoms with Crippen LogP contribution in [-0.4, -0.2) is 64.7 Å². The molecule has 180 valence electrons. The van der Waals surface area contributed by atoms with Gasteiger partial charge in [0.15, 0.2) is 0 Å². The molecule has 2 heterocycles. The fourth-order valence-electron chi connectivity index (χ4n) is 4.70. The second-order valence-electron chi connectivity index (χ2n) is 9.33. The topological polar surface area (TPSA) is 70.2 Å². The van der Waals surface area contributed by atoms with Gasteiger partial charge in [-0.15, -0.1) is 0 Å². The lowest BCUT2D eigenvalue weighted by molar-refractivity contribution is -0.131. The van der Waals surface area contributed by atoms with Crippen molar-refractivity contribution >= 4 is 17.7 Å². The lowest BCUT2D eigenvalue weighted by atomic mass is 10.00. The maximum atomic E-state index is 13.6. The number of piperazine rings is 1. The summed E-state index contributed by atoms with van der Waals surface area (Å²) >= 11 is 0. The number of rotatable bonds is 6. The Labute approximate surface area is 201 Å². The Balaban J connectivity index is 1.56. The summed E-state index contributed by atoms with van der Waals surface area (Å²) in [4.78, 5) is 43.3. The van der Waals surface area contributed by atoms with Crippen LogP contribution in [0.3, 0.4) is 0 Å². The normalized spacial score (nSPS) is 18.5. The Bertz CT molecular complexity index is 1050. The Kier molecular flexibility index (Phi) is 7.20. The minimum absolute atomic E-state index is 0.00846. The van der Waals surface area contributed by atoms with Gasteiger partial charge in [0.25, 0.3) is 5.91 Å². The maximum Gasteiger partial charge on any atom is 0.254 e. The number of amides is 3. The average molecular weight is 464 g/mol. The standard InChI is InChI=1S/C27H33N3O4/c1-19(2)34-24-11-9-22(10-12-24)25-18-28(20(3)31)14-15-30(25)27(33)23-7-4-6-21(16-23)17-29-13-5-8-26(29)32/h4,6-7,9-12,16,19,25H,5,8,13-15,17-18H2,1-3H3/t25-/m0/s1. The molecule has 2 aliphatic heterocycles. The second-order valence-corrected chi connectivity index (χ2v) is 9.33. The molecule has 34 heavy (non-hydrogen) atoms. The molecule has 0 radical (unpaired) electrons. The number of hydrogen-bond donors (Lipinski definition) is 0. The lowest BCUT2D eigenvalue weighted by Gasteiger charge is -2.41. The van der Waals surface area contributed by atoms with E-state index < -0.39 is 0 Å². The predicted molar refractivity (Wildman–Crippen MR) is 129 cm³/mol. The molecule has 2 saturated heterocycles. The molecule has 0 saturated carbocycles. The number of ether oxygens (including phenoxy) is 1. The molecule has 7 heteroatoms. The van der Waals surface area contributed by atoms with Gasteiger partial charge in [0.2, 0.25) is 11.8 Å². The van der Waals surface area contributed by atoms with E-state index in [9.17, 15) is 14.4 Å². The highest BCUT2D eigenvalue weighted by molar-refractivity contribution is 5.95. The van der Waals surface area contributed by atoms with Crippen molar-refractivity contribution in [2.45, 2.75) is 52.3 Å². The van der Waals surface area contributed by atoms with E-state index in [-0.39, 0.29) is 29.9 Å². The SMILES string of the molecule is CC(=O)N1CCN(C(=O)c2cccc(CN3CCCC3=O)c2)[C@H](c2ccc(OC(C)C)cc2)C1. The first-order chi connectivity index (χ1) is 16.3. The quantitative estimate of drug-likeness (QED) is 0.656. The van der Waals surface area contributed by atoms with Crippen LogP contribution in [0, 0.1) is 0 Å². The Morgan fingerprint density at radius 3 is 2.47 bits per heavy atom. The van der Waals surface area contributed by atoms with Gasteiger partial charge >= 0.3 is 0 Å².